The molecule has 0 fully saturated rings. The average Bonchev–Trinajstić information content (AvgIpc) is 2.73. The van der Waals surface area contributed by atoms with E-state index in [0.29, 0.717) is 5.69 Å². The molecule has 1 N–H and O–H groups in total. The first kappa shape index (κ1) is 16.8. The second-order valence-corrected chi connectivity index (χ2v) is 7.44. The molecule has 0 unspecified atom stereocenters. The Balaban J connectivity index is 1.67. The van der Waals surface area contributed by atoms with Gasteiger partial charge < -0.3 is 15.2 Å². The van der Waals surface area contributed by atoms with Crippen molar-refractivity contribution in [3.63, 3.8) is 0 Å². The number of carboxylic acids is 1. The normalized spacial score (nSPS) is 24.1. The minimum absolute atomic E-state index is 0.278. The predicted molar refractivity (Wildman–Crippen MR) is 104 cm³/mol. The smallest absolute Gasteiger partial charge is 0.229 e. The van der Waals surface area contributed by atoms with Crippen LogP contribution in [0.1, 0.15) is 34.1 Å². The van der Waals surface area contributed by atoms with Gasteiger partial charge in [0, 0.05) is 29.4 Å². The maximum absolute atomic E-state index is 13.3. The number of carbonyl (C=O) groups excluding carboxylic acids is 2. The molecule has 3 aromatic carbocycles. The number of hydrogen-bond acceptors (Lipinski definition) is 3. The van der Waals surface area contributed by atoms with Gasteiger partial charge in [-0.05, 0) is 34.4 Å². The fourth-order valence-corrected chi connectivity index (χ4v) is 5.02. The minimum Gasteiger partial charge on any atom is -0.550 e. The fraction of sp³-hybridized carbons (Fsp3) is 0.167. The van der Waals surface area contributed by atoms with Crippen molar-refractivity contribution < 1.29 is 14.7 Å². The highest BCUT2D eigenvalue weighted by Gasteiger charge is 2.52. The van der Waals surface area contributed by atoms with Crippen molar-refractivity contribution in [2.24, 2.45) is 11.8 Å². The zero-order chi connectivity index (χ0) is 19.3. The molecular formula is C24H18NO3-. The van der Waals surface area contributed by atoms with Crippen LogP contribution in [0.3, 0.4) is 0 Å². The summed E-state index contributed by atoms with van der Waals surface area (Å²) in [5.41, 5.74) is 4.72. The van der Waals surface area contributed by atoms with Crippen LogP contribution >= 0.6 is 0 Å². The first-order chi connectivity index (χ1) is 13.7. The molecule has 0 heterocycles. The molecule has 0 radical (unpaired) electrons. The average molecular weight is 368 g/mol. The molecule has 0 saturated heterocycles. The first-order valence-corrected chi connectivity index (χ1v) is 9.41. The maximum Gasteiger partial charge on any atom is 0.229 e. The largest absolute Gasteiger partial charge is 0.550 e. The van der Waals surface area contributed by atoms with Gasteiger partial charge in [-0.15, -0.1) is 0 Å². The predicted octanol–water partition coefficient (Wildman–Crippen LogP) is 2.90. The maximum atomic E-state index is 13.3. The van der Waals surface area contributed by atoms with E-state index in [1.54, 1.807) is 12.1 Å². The van der Waals surface area contributed by atoms with E-state index < -0.39 is 17.8 Å². The molecule has 4 nitrogen and oxygen atoms in total. The lowest BCUT2D eigenvalue weighted by atomic mass is 9.54. The standard InChI is InChI=1S/C24H19NO3/c26-23(25-14-8-2-1-3-9-14)21-19-15-10-4-6-12-17(15)20(22(21)24(27)28)18-13-7-5-11-16(18)19/h1-13,19-22H,(H,25,26)(H,27,28)/p-1/t19?,20?,21-,22-/m0/s1. The van der Waals surface area contributed by atoms with E-state index >= 15 is 0 Å². The number of para-hydroxylation sites is 1. The molecule has 2 atom stereocenters. The molecule has 0 spiro atoms. The highest BCUT2D eigenvalue weighted by Crippen LogP contribution is 2.58. The zero-order valence-corrected chi connectivity index (χ0v) is 15.0. The monoisotopic (exact) mass is 368 g/mol. The van der Waals surface area contributed by atoms with Crippen LogP contribution in [0.4, 0.5) is 5.69 Å². The molecule has 0 aliphatic heterocycles. The van der Waals surface area contributed by atoms with Crippen LogP contribution in [-0.4, -0.2) is 11.9 Å². The van der Waals surface area contributed by atoms with E-state index in [1.165, 1.54) is 0 Å². The molecule has 4 heteroatoms. The summed E-state index contributed by atoms with van der Waals surface area (Å²) in [4.78, 5) is 25.5. The van der Waals surface area contributed by atoms with Gasteiger partial charge in [0.2, 0.25) is 5.91 Å². The summed E-state index contributed by atoms with van der Waals surface area (Å²) < 4.78 is 0. The number of hydrogen-bond donors (Lipinski definition) is 1. The van der Waals surface area contributed by atoms with Gasteiger partial charge >= 0.3 is 0 Å². The van der Waals surface area contributed by atoms with Crippen LogP contribution in [0, 0.1) is 11.8 Å². The second kappa shape index (κ2) is 6.34. The minimum atomic E-state index is -1.17. The topological polar surface area (TPSA) is 69.2 Å². The molecule has 28 heavy (non-hydrogen) atoms. The Morgan fingerprint density at radius 3 is 1.54 bits per heavy atom. The van der Waals surface area contributed by atoms with Gasteiger partial charge in [-0.1, -0.05) is 66.7 Å². The van der Waals surface area contributed by atoms with Crippen molar-refractivity contribution in [3.8, 4) is 0 Å². The lowest BCUT2D eigenvalue weighted by Crippen LogP contribution is -2.52. The van der Waals surface area contributed by atoms with Crippen LogP contribution < -0.4 is 10.4 Å². The lowest BCUT2D eigenvalue weighted by Gasteiger charge is -2.50. The molecule has 0 aromatic heterocycles. The number of rotatable bonds is 3. The van der Waals surface area contributed by atoms with Crippen molar-refractivity contribution in [1.29, 1.82) is 0 Å². The van der Waals surface area contributed by atoms with Crippen molar-refractivity contribution in [3.05, 3.63) is 101 Å². The number of benzene rings is 3. The Bertz CT molecular complexity index is 1030. The van der Waals surface area contributed by atoms with E-state index in [9.17, 15) is 14.7 Å². The van der Waals surface area contributed by atoms with E-state index in [2.05, 4.69) is 5.32 Å². The van der Waals surface area contributed by atoms with Crippen LogP contribution in [0.15, 0.2) is 78.9 Å². The Kier molecular flexibility index (Phi) is 3.79. The second-order valence-electron chi connectivity index (χ2n) is 7.44. The van der Waals surface area contributed by atoms with Crippen molar-refractivity contribution in [1.82, 2.24) is 0 Å². The Morgan fingerprint density at radius 2 is 1.07 bits per heavy atom. The molecule has 3 aliphatic carbocycles. The van der Waals surface area contributed by atoms with Gasteiger partial charge in [0.1, 0.15) is 0 Å². The molecular weight excluding hydrogens is 350 g/mol. The van der Waals surface area contributed by atoms with Gasteiger partial charge in [0.15, 0.2) is 0 Å². The van der Waals surface area contributed by atoms with Crippen LogP contribution in [0.2, 0.25) is 0 Å². The molecule has 0 saturated carbocycles. The lowest BCUT2D eigenvalue weighted by molar-refractivity contribution is -0.314. The van der Waals surface area contributed by atoms with E-state index in [1.807, 2.05) is 66.7 Å². The highest BCUT2D eigenvalue weighted by molar-refractivity contribution is 5.97. The summed E-state index contributed by atoms with van der Waals surface area (Å²) in [5, 5.41) is 15.2. The Morgan fingerprint density at radius 1 is 0.643 bits per heavy atom. The van der Waals surface area contributed by atoms with Crippen LogP contribution in [0.5, 0.6) is 0 Å². The molecule has 2 bridgehead atoms. The highest BCUT2D eigenvalue weighted by atomic mass is 16.4. The summed E-state index contributed by atoms with van der Waals surface area (Å²) in [6.07, 6.45) is 0. The third-order valence-corrected chi connectivity index (χ3v) is 6.05. The van der Waals surface area contributed by atoms with Crippen molar-refractivity contribution >= 4 is 17.6 Å². The van der Waals surface area contributed by atoms with Gasteiger partial charge in [-0.3, -0.25) is 4.79 Å². The van der Waals surface area contributed by atoms with Crippen LogP contribution in [-0.2, 0) is 9.59 Å². The first-order valence-electron chi connectivity index (χ1n) is 9.41. The number of carboxylic acid groups (broad SMARTS) is 1. The van der Waals surface area contributed by atoms with Crippen molar-refractivity contribution in [2.45, 2.75) is 11.8 Å². The summed E-state index contributed by atoms with van der Waals surface area (Å²) in [7, 11) is 0. The fourth-order valence-electron chi connectivity index (χ4n) is 5.02. The number of aliphatic carboxylic acids is 1. The number of amides is 1. The number of fused-ring (bicyclic) bond motifs is 1. The Labute approximate surface area is 162 Å². The molecule has 138 valence electrons. The van der Waals surface area contributed by atoms with E-state index in [4.69, 9.17) is 0 Å². The summed E-state index contributed by atoms with van der Waals surface area (Å²) in [6.45, 7) is 0. The third kappa shape index (κ3) is 2.38. The molecule has 1 amide bonds. The summed E-state index contributed by atoms with van der Waals surface area (Å²) in [6, 6.07) is 24.9. The Hall–Kier alpha value is -3.40. The number of nitrogens with one attached hydrogen (secondary N) is 1. The van der Waals surface area contributed by atoms with Crippen molar-refractivity contribution in [2.75, 3.05) is 5.32 Å². The molecule has 6 rings (SSSR count). The van der Waals surface area contributed by atoms with E-state index in [-0.39, 0.29) is 17.7 Å². The number of anilines is 1. The SMILES string of the molecule is O=C([O-])[C@H]1C2c3ccccc3C(c3ccccc32)[C@@H]1C(=O)Nc1ccccc1. The van der Waals surface area contributed by atoms with Crippen LogP contribution in [0.25, 0.3) is 0 Å². The zero-order valence-electron chi connectivity index (χ0n) is 15.0. The van der Waals surface area contributed by atoms with Gasteiger partial charge in [-0.2, -0.15) is 0 Å². The third-order valence-electron chi connectivity index (χ3n) is 6.05. The molecule has 3 aromatic rings. The quantitative estimate of drug-likeness (QED) is 0.773. The summed E-state index contributed by atoms with van der Waals surface area (Å²) in [5.74, 6) is -3.76. The van der Waals surface area contributed by atoms with E-state index in [0.717, 1.165) is 22.3 Å². The summed E-state index contributed by atoms with van der Waals surface area (Å²) >= 11 is 0. The number of carbonyl (C=O) groups is 2. The molecule has 3 aliphatic rings. The van der Waals surface area contributed by atoms with Gasteiger partial charge in [-0.25, -0.2) is 0 Å². The van der Waals surface area contributed by atoms with Gasteiger partial charge in [0.25, 0.3) is 0 Å². The van der Waals surface area contributed by atoms with Gasteiger partial charge in [0.05, 0.1) is 5.92 Å².